The number of rotatable bonds is 2. The number of hydrogen-bond acceptors (Lipinski definition) is 3. The van der Waals surface area contributed by atoms with Gasteiger partial charge in [0.1, 0.15) is 5.41 Å². The Morgan fingerprint density at radius 2 is 1.80 bits per heavy atom. The number of imide groups is 2. The molecule has 0 aromatic rings. The van der Waals surface area contributed by atoms with E-state index in [1.54, 1.807) is 0 Å². The van der Waals surface area contributed by atoms with Gasteiger partial charge in [0.15, 0.2) is 0 Å². The standard InChI is InChI=1S/C15H22N2O3/c1-9(2)10-5-3-4-6-11(10)17-13(19)15(7-8-15)12(18)16-14(17)20/h9-11H,3-8H2,1-2H3,(H,16,18,20). The average molecular weight is 278 g/mol. The molecule has 0 aromatic heterocycles. The lowest BCUT2D eigenvalue weighted by atomic mass is 9.76. The molecule has 3 aliphatic rings. The fourth-order valence-electron chi connectivity index (χ4n) is 3.80. The molecule has 0 bridgehead atoms. The van der Waals surface area contributed by atoms with Gasteiger partial charge in [0, 0.05) is 6.04 Å². The molecule has 110 valence electrons. The summed E-state index contributed by atoms with van der Waals surface area (Å²) in [6.45, 7) is 4.29. The van der Waals surface area contributed by atoms with Crippen LogP contribution in [0.25, 0.3) is 0 Å². The predicted octanol–water partition coefficient (Wildman–Crippen LogP) is 2.06. The second-order valence-electron chi connectivity index (χ2n) is 6.78. The van der Waals surface area contributed by atoms with Crippen molar-refractivity contribution in [2.75, 3.05) is 0 Å². The van der Waals surface area contributed by atoms with Crippen LogP contribution in [0.3, 0.4) is 0 Å². The quantitative estimate of drug-likeness (QED) is 0.786. The first-order chi connectivity index (χ1) is 9.47. The molecule has 2 unspecified atom stereocenters. The minimum absolute atomic E-state index is 0.0400. The van der Waals surface area contributed by atoms with Crippen molar-refractivity contribution in [1.82, 2.24) is 10.2 Å². The highest BCUT2D eigenvalue weighted by molar-refractivity contribution is 6.21. The largest absolute Gasteiger partial charge is 0.331 e. The van der Waals surface area contributed by atoms with Gasteiger partial charge in [-0.05, 0) is 37.5 Å². The minimum atomic E-state index is -0.910. The van der Waals surface area contributed by atoms with E-state index >= 15 is 0 Å². The van der Waals surface area contributed by atoms with E-state index in [1.165, 1.54) is 4.90 Å². The van der Waals surface area contributed by atoms with Crippen molar-refractivity contribution in [2.45, 2.75) is 58.4 Å². The van der Waals surface area contributed by atoms with Crippen molar-refractivity contribution in [3.05, 3.63) is 0 Å². The van der Waals surface area contributed by atoms with E-state index in [2.05, 4.69) is 19.2 Å². The number of hydrogen-bond donors (Lipinski definition) is 1. The zero-order chi connectivity index (χ0) is 14.5. The van der Waals surface area contributed by atoms with Crippen LogP contribution in [0.4, 0.5) is 4.79 Å². The number of barbiturate groups is 1. The third-order valence-corrected chi connectivity index (χ3v) is 5.22. The molecule has 0 aromatic carbocycles. The molecule has 2 saturated carbocycles. The number of nitrogens with one attached hydrogen (secondary N) is 1. The second-order valence-corrected chi connectivity index (χ2v) is 6.78. The summed E-state index contributed by atoms with van der Waals surface area (Å²) in [5.74, 6) is 0.153. The van der Waals surface area contributed by atoms with Gasteiger partial charge >= 0.3 is 6.03 Å². The summed E-state index contributed by atoms with van der Waals surface area (Å²) >= 11 is 0. The van der Waals surface area contributed by atoms with Crippen LogP contribution in [0, 0.1) is 17.3 Å². The van der Waals surface area contributed by atoms with Crippen LogP contribution in [0.5, 0.6) is 0 Å². The van der Waals surface area contributed by atoms with Gasteiger partial charge in [0.2, 0.25) is 11.8 Å². The van der Waals surface area contributed by atoms with Gasteiger partial charge in [-0.25, -0.2) is 4.79 Å². The fraction of sp³-hybridized carbons (Fsp3) is 0.800. The maximum atomic E-state index is 12.6. The van der Waals surface area contributed by atoms with Gasteiger partial charge in [0.05, 0.1) is 0 Å². The van der Waals surface area contributed by atoms with Crippen LogP contribution in [-0.2, 0) is 9.59 Å². The lowest BCUT2D eigenvalue weighted by Crippen LogP contribution is -2.63. The Bertz CT molecular complexity index is 468. The normalized spacial score (nSPS) is 32.8. The average Bonchev–Trinajstić information content (AvgIpc) is 3.19. The third kappa shape index (κ3) is 1.86. The Morgan fingerprint density at radius 3 is 2.40 bits per heavy atom. The molecular formula is C15H22N2O3. The Balaban J connectivity index is 1.89. The van der Waals surface area contributed by atoms with Crippen LogP contribution in [-0.4, -0.2) is 28.8 Å². The molecule has 5 heteroatoms. The monoisotopic (exact) mass is 278 g/mol. The summed E-state index contributed by atoms with van der Waals surface area (Å²) in [5, 5.41) is 2.40. The molecular weight excluding hydrogens is 256 g/mol. The molecule has 2 aliphatic carbocycles. The first-order valence-corrected chi connectivity index (χ1v) is 7.66. The molecule has 1 heterocycles. The van der Waals surface area contributed by atoms with Crippen molar-refractivity contribution in [2.24, 2.45) is 17.3 Å². The molecule has 5 nitrogen and oxygen atoms in total. The summed E-state index contributed by atoms with van der Waals surface area (Å²) in [6, 6.07) is -0.545. The molecule has 2 atom stereocenters. The number of urea groups is 1. The van der Waals surface area contributed by atoms with E-state index < -0.39 is 11.4 Å². The molecule has 1 saturated heterocycles. The zero-order valence-corrected chi connectivity index (χ0v) is 12.1. The van der Waals surface area contributed by atoms with Crippen molar-refractivity contribution in [3.8, 4) is 0 Å². The molecule has 3 rings (SSSR count). The highest BCUT2D eigenvalue weighted by Gasteiger charge is 2.63. The van der Waals surface area contributed by atoms with E-state index in [4.69, 9.17) is 0 Å². The summed E-state index contributed by atoms with van der Waals surface area (Å²) in [7, 11) is 0. The van der Waals surface area contributed by atoms with Gasteiger partial charge in [-0.3, -0.25) is 19.8 Å². The first kappa shape index (κ1) is 13.6. The number of carbonyl (C=O) groups excluding carboxylic acids is 3. The second kappa shape index (κ2) is 4.57. The third-order valence-electron chi connectivity index (χ3n) is 5.22. The molecule has 4 amide bonds. The first-order valence-electron chi connectivity index (χ1n) is 7.66. The number of carbonyl (C=O) groups is 3. The maximum absolute atomic E-state index is 12.6. The van der Waals surface area contributed by atoms with Gasteiger partial charge in [-0.1, -0.05) is 26.7 Å². The number of nitrogens with zero attached hydrogens (tertiary/aromatic N) is 1. The Hall–Kier alpha value is -1.39. The van der Waals surface area contributed by atoms with Crippen molar-refractivity contribution < 1.29 is 14.4 Å². The Kier molecular flexibility index (Phi) is 3.10. The van der Waals surface area contributed by atoms with Crippen molar-refractivity contribution in [1.29, 1.82) is 0 Å². The van der Waals surface area contributed by atoms with Crippen LogP contribution in [0.2, 0.25) is 0 Å². The van der Waals surface area contributed by atoms with Crippen molar-refractivity contribution >= 4 is 17.8 Å². The van der Waals surface area contributed by atoms with Gasteiger partial charge in [0.25, 0.3) is 0 Å². The van der Waals surface area contributed by atoms with E-state index in [0.717, 1.165) is 25.7 Å². The number of amides is 4. The molecule has 3 fully saturated rings. The lowest BCUT2D eigenvalue weighted by molar-refractivity contribution is -0.147. The molecule has 1 aliphatic heterocycles. The maximum Gasteiger partial charge on any atom is 0.331 e. The fourth-order valence-corrected chi connectivity index (χ4v) is 3.80. The zero-order valence-electron chi connectivity index (χ0n) is 12.1. The molecule has 1 N–H and O–H groups in total. The minimum Gasteiger partial charge on any atom is -0.277 e. The molecule has 0 radical (unpaired) electrons. The van der Waals surface area contributed by atoms with E-state index in [1.807, 2.05) is 0 Å². The Morgan fingerprint density at radius 1 is 1.15 bits per heavy atom. The molecule has 20 heavy (non-hydrogen) atoms. The van der Waals surface area contributed by atoms with Crippen LogP contribution in [0.1, 0.15) is 52.4 Å². The summed E-state index contributed by atoms with van der Waals surface area (Å²) in [5.41, 5.74) is -0.910. The molecule has 1 spiro atoms. The lowest BCUT2D eigenvalue weighted by Gasteiger charge is -2.43. The van der Waals surface area contributed by atoms with E-state index in [9.17, 15) is 14.4 Å². The topological polar surface area (TPSA) is 66.5 Å². The summed E-state index contributed by atoms with van der Waals surface area (Å²) in [4.78, 5) is 38.1. The summed E-state index contributed by atoms with van der Waals surface area (Å²) in [6.07, 6.45) is 5.30. The Labute approximate surface area is 119 Å². The van der Waals surface area contributed by atoms with Crippen LogP contribution >= 0.6 is 0 Å². The van der Waals surface area contributed by atoms with E-state index in [-0.39, 0.29) is 17.9 Å². The smallest absolute Gasteiger partial charge is 0.277 e. The van der Waals surface area contributed by atoms with Crippen LogP contribution in [0.15, 0.2) is 0 Å². The summed E-state index contributed by atoms with van der Waals surface area (Å²) < 4.78 is 0. The van der Waals surface area contributed by atoms with Gasteiger partial charge < -0.3 is 0 Å². The SMILES string of the molecule is CC(C)C1CCCCC1N1C(=O)NC(=O)C2(CC2)C1=O. The van der Waals surface area contributed by atoms with Gasteiger partial charge in [-0.2, -0.15) is 0 Å². The highest BCUT2D eigenvalue weighted by atomic mass is 16.2. The van der Waals surface area contributed by atoms with E-state index in [0.29, 0.717) is 24.7 Å². The van der Waals surface area contributed by atoms with Crippen LogP contribution < -0.4 is 5.32 Å². The predicted molar refractivity (Wildman–Crippen MR) is 72.6 cm³/mol. The van der Waals surface area contributed by atoms with Crippen molar-refractivity contribution in [3.63, 3.8) is 0 Å². The highest BCUT2D eigenvalue weighted by Crippen LogP contribution is 2.50. The van der Waals surface area contributed by atoms with Gasteiger partial charge in [-0.15, -0.1) is 0 Å².